The Hall–Kier alpha value is -2.66. The first-order chi connectivity index (χ1) is 14.1. The van der Waals surface area contributed by atoms with Gasteiger partial charge in [0.1, 0.15) is 10.7 Å². The van der Waals surface area contributed by atoms with Crippen LogP contribution in [0.1, 0.15) is 23.2 Å². The Labute approximate surface area is 177 Å². The van der Waals surface area contributed by atoms with Gasteiger partial charge in [-0.25, -0.2) is 4.98 Å². The number of carbonyl (C=O) groups excluding carboxylic acids is 1. The van der Waals surface area contributed by atoms with E-state index in [-0.39, 0.29) is 23.0 Å². The summed E-state index contributed by atoms with van der Waals surface area (Å²) in [4.78, 5) is 33.8. The van der Waals surface area contributed by atoms with E-state index in [9.17, 15) is 18.4 Å². The number of nitrogens with one attached hydrogen (secondary N) is 2. The molecular weight excluding hydrogens is 436 g/mol. The van der Waals surface area contributed by atoms with Crippen molar-refractivity contribution in [2.45, 2.75) is 38.1 Å². The molecule has 1 unspecified atom stereocenters. The van der Waals surface area contributed by atoms with Crippen molar-refractivity contribution in [2.75, 3.05) is 5.32 Å². The number of nitrogens with zero attached hydrogens (tertiary/aromatic N) is 1. The van der Waals surface area contributed by atoms with E-state index in [1.165, 1.54) is 41.3 Å². The quantitative estimate of drug-likeness (QED) is 0.602. The van der Waals surface area contributed by atoms with Crippen molar-refractivity contribution in [3.8, 4) is 11.5 Å². The van der Waals surface area contributed by atoms with Crippen molar-refractivity contribution in [1.29, 1.82) is 0 Å². The number of fused-ring (bicyclic) bond motifs is 2. The highest BCUT2D eigenvalue weighted by Gasteiger charge is 2.43. The average Bonchev–Trinajstić information content (AvgIpc) is 3.13. The van der Waals surface area contributed by atoms with Crippen LogP contribution in [-0.4, -0.2) is 27.4 Å². The first-order valence-corrected chi connectivity index (χ1v) is 10.8. The smallest absolute Gasteiger partial charge is 0.395 e. The number of ether oxygens (including phenoxy) is 2. The van der Waals surface area contributed by atoms with Gasteiger partial charge >= 0.3 is 6.29 Å². The number of aryl methyl sites for hydroxylation is 2. The highest BCUT2D eigenvalue weighted by atomic mass is 32.2. The van der Waals surface area contributed by atoms with Crippen LogP contribution in [0.2, 0.25) is 0 Å². The SMILES string of the molecule is Cc1sc2nc(CSC(C)C(=O)Nc3ccc4c(c3)OC(F)(F)O4)[nH]c(=O)c2c1C. The molecule has 0 aliphatic carbocycles. The topological polar surface area (TPSA) is 93.3 Å². The number of halogens is 2. The van der Waals surface area contributed by atoms with Gasteiger partial charge in [0.2, 0.25) is 5.91 Å². The number of carbonyl (C=O) groups is 1. The van der Waals surface area contributed by atoms with E-state index in [0.717, 1.165) is 10.4 Å². The summed E-state index contributed by atoms with van der Waals surface area (Å²) in [7, 11) is 0. The number of rotatable bonds is 5. The molecule has 3 heterocycles. The second-order valence-corrected chi connectivity index (χ2v) is 9.28. The van der Waals surface area contributed by atoms with Crippen LogP contribution in [0.5, 0.6) is 11.5 Å². The van der Waals surface area contributed by atoms with Gasteiger partial charge in [-0.3, -0.25) is 9.59 Å². The molecule has 0 bridgehead atoms. The minimum atomic E-state index is -3.71. The molecule has 158 valence electrons. The van der Waals surface area contributed by atoms with Crippen LogP contribution in [0.25, 0.3) is 10.2 Å². The summed E-state index contributed by atoms with van der Waals surface area (Å²) in [5, 5.41) is 2.78. The van der Waals surface area contributed by atoms with Crippen molar-refractivity contribution >= 4 is 44.9 Å². The van der Waals surface area contributed by atoms with Gasteiger partial charge in [-0.05, 0) is 38.5 Å². The maximum atomic E-state index is 13.1. The van der Waals surface area contributed by atoms with Crippen LogP contribution in [0.4, 0.5) is 14.5 Å². The van der Waals surface area contributed by atoms with Crippen molar-refractivity contribution in [2.24, 2.45) is 0 Å². The molecular formula is C19H17F2N3O4S2. The number of thiophene rings is 1. The third-order valence-electron chi connectivity index (χ3n) is 4.60. The maximum Gasteiger partial charge on any atom is 0.586 e. The lowest BCUT2D eigenvalue weighted by Gasteiger charge is -2.12. The number of aromatic nitrogens is 2. The molecule has 1 aliphatic heterocycles. The highest BCUT2D eigenvalue weighted by molar-refractivity contribution is 7.99. The van der Waals surface area contributed by atoms with Crippen molar-refractivity contribution in [1.82, 2.24) is 9.97 Å². The molecule has 1 aliphatic rings. The van der Waals surface area contributed by atoms with E-state index in [2.05, 4.69) is 24.8 Å². The van der Waals surface area contributed by atoms with Gasteiger partial charge in [0.25, 0.3) is 5.56 Å². The van der Waals surface area contributed by atoms with Gasteiger partial charge in [0.05, 0.1) is 16.4 Å². The summed E-state index contributed by atoms with van der Waals surface area (Å²) >= 11 is 2.76. The summed E-state index contributed by atoms with van der Waals surface area (Å²) in [5.41, 5.74) is 1.05. The van der Waals surface area contributed by atoms with Gasteiger partial charge in [-0.1, -0.05) is 0 Å². The van der Waals surface area contributed by atoms with Crippen LogP contribution in [0, 0.1) is 13.8 Å². The molecule has 1 amide bonds. The monoisotopic (exact) mass is 453 g/mol. The summed E-state index contributed by atoms with van der Waals surface area (Å²) in [6.07, 6.45) is -3.71. The number of alkyl halides is 2. The lowest BCUT2D eigenvalue weighted by Crippen LogP contribution is -2.26. The van der Waals surface area contributed by atoms with E-state index in [0.29, 0.717) is 27.5 Å². The van der Waals surface area contributed by atoms with Crippen molar-refractivity contribution in [3.05, 3.63) is 44.8 Å². The van der Waals surface area contributed by atoms with Crippen LogP contribution >= 0.6 is 23.1 Å². The highest BCUT2D eigenvalue weighted by Crippen LogP contribution is 2.42. The predicted octanol–water partition coefficient (Wildman–Crippen LogP) is 4.18. The van der Waals surface area contributed by atoms with E-state index < -0.39 is 11.5 Å². The first kappa shape index (κ1) is 20.6. The van der Waals surface area contributed by atoms with E-state index >= 15 is 0 Å². The number of hydrogen-bond acceptors (Lipinski definition) is 7. The minimum absolute atomic E-state index is 0.0927. The van der Waals surface area contributed by atoms with Gasteiger partial charge in [0.15, 0.2) is 11.5 Å². The Bertz CT molecular complexity index is 1210. The maximum absolute atomic E-state index is 13.1. The number of thioether (sulfide) groups is 1. The fourth-order valence-corrected chi connectivity index (χ4v) is 4.72. The molecule has 3 aromatic rings. The zero-order valence-corrected chi connectivity index (χ0v) is 17.8. The van der Waals surface area contributed by atoms with E-state index in [1.54, 1.807) is 6.92 Å². The first-order valence-electron chi connectivity index (χ1n) is 8.94. The van der Waals surface area contributed by atoms with Gasteiger partial charge in [0, 0.05) is 16.6 Å². The number of H-pyrrole nitrogens is 1. The lowest BCUT2D eigenvalue weighted by atomic mass is 10.2. The number of anilines is 1. The summed E-state index contributed by atoms with van der Waals surface area (Å²) in [6, 6.07) is 4.03. The van der Waals surface area contributed by atoms with Gasteiger partial charge in [-0.15, -0.1) is 31.9 Å². The number of aromatic amines is 1. The van der Waals surface area contributed by atoms with Crippen molar-refractivity contribution < 1.29 is 23.0 Å². The molecule has 1 atom stereocenters. The third-order valence-corrected chi connectivity index (χ3v) is 6.85. The molecule has 2 aromatic heterocycles. The Balaban J connectivity index is 1.40. The van der Waals surface area contributed by atoms with Crippen molar-refractivity contribution in [3.63, 3.8) is 0 Å². The van der Waals surface area contributed by atoms with Crippen LogP contribution in [0.3, 0.4) is 0 Å². The normalized spacial score (nSPS) is 15.4. The van der Waals surface area contributed by atoms with E-state index in [4.69, 9.17) is 0 Å². The second kappa shape index (κ2) is 7.55. The number of benzene rings is 1. The Kier molecular flexibility index (Phi) is 5.18. The minimum Gasteiger partial charge on any atom is -0.395 e. The Morgan fingerprint density at radius 2 is 2.07 bits per heavy atom. The molecule has 2 N–H and O–H groups in total. The lowest BCUT2D eigenvalue weighted by molar-refractivity contribution is -0.286. The summed E-state index contributed by atoms with van der Waals surface area (Å²) in [5.74, 6) is 0.267. The zero-order chi connectivity index (χ0) is 21.6. The molecule has 7 nitrogen and oxygen atoms in total. The van der Waals surface area contributed by atoms with Crippen LogP contribution < -0.4 is 20.3 Å². The molecule has 11 heteroatoms. The Morgan fingerprint density at radius 1 is 1.33 bits per heavy atom. The molecule has 0 saturated carbocycles. The second-order valence-electron chi connectivity index (χ2n) is 6.75. The summed E-state index contributed by atoms with van der Waals surface area (Å²) < 4.78 is 34.9. The standard InChI is InChI=1S/C19H17F2N3O4S2/c1-8-9(2)30-18-15(8)17(26)23-14(24-18)7-29-10(3)16(25)22-11-4-5-12-13(6-11)28-19(20,21)27-12/h4-6,10H,7H2,1-3H3,(H,22,25)(H,23,24,26). The number of hydrogen-bond donors (Lipinski definition) is 2. The molecule has 0 saturated heterocycles. The fourth-order valence-electron chi connectivity index (χ4n) is 2.92. The predicted molar refractivity (Wildman–Crippen MR) is 112 cm³/mol. The molecule has 30 heavy (non-hydrogen) atoms. The third kappa shape index (κ3) is 3.99. The largest absolute Gasteiger partial charge is 0.586 e. The fraction of sp³-hybridized carbons (Fsp3) is 0.316. The molecule has 0 spiro atoms. The average molecular weight is 453 g/mol. The van der Waals surface area contributed by atoms with E-state index in [1.807, 2.05) is 13.8 Å². The molecule has 0 radical (unpaired) electrons. The molecule has 1 aromatic carbocycles. The zero-order valence-electron chi connectivity index (χ0n) is 16.2. The molecule has 4 rings (SSSR count). The summed E-state index contributed by atoms with van der Waals surface area (Å²) in [6.45, 7) is 5.54. The van der Waals surface area contributed by atoms with Crippen LogP contribution in [0.15, 0.2) is 23.0 Å². The van der Waals surface area contributed by atoms with Gasteiger partial charge in [-0.2, -0.15) is 0 Å². The Morgan fingerprint density at radius 3 is 2.83 bits per heavy atom. The van der Waals surface area contributed by atoms with Gasteiger partial charge < -0.3 is 19.8 Å². The van der Waals surface area contributed by atoms with Crippen LogP contribution in [-0.2, 0) is 10.5 Å². The molecule has 0 fully saturated rings. The number of amides is 1.